The number of unbranched alkanes of at least 4 members (excludes halogenated alkanes) is 13. The van der Waals surface area contributed by atoms with E-state index in [9.17, 15) is 0 Å². The molecular formula is C26H60. The van der Waals surface area contributed by atoms with Crippen molar-refractivity contribution in [3.8, 4) is 0 Å². The zero-order chi connectivity index (χ0) is 20.9. The van der Waals surface area contributed by atoms with Gasteiger partial charge in [-0.05, 0) is 5.92 Å². The molecule has 0 bridgehead atoms. The van der Waals surface area contributed by atoms with E-state index in [1.165, 1.54) is 103 Å². The Morgan fingerprint density at radius 1 is 0.385 bits per heavy atom. The van der Waals surface area contributed by atoms with Crippen molar-refractivity contribution in [1.82, 2.24) is 0 Å². The molecule has 0 heterocycles. The van der Waals surface area contributed by atoms with Crippen LogP contribution in [0.4, 0.5) is 0 Å². The average molecular weight is 373 g/mol. The topological polar surface area (TPSA) is 0 Å². The van der Waals surface area contributed by atoms with E-state index in [2.05, 4.69) is 48.5 Å². The zero-order valence-corrected chi connectivity index (χ0v) is 20.9. The first kappa shape index (κ1) is 33.6. The monoisotopic (exact) mass is 372 g/mol. The Bertz CT molecular complexity index is 145. The average Bonchev–Trinajstić information content (AvgIpc) is 2.67. The summed E-state index contributed by atoms with van der Waals surface area (Å²) in [5.74, 6) is 0.884. The Morgan fingerprint density at radius 2 is 0.538 bits per heavy atom. The molecule has 0 atom stereocenters. The van der Waals surface area contributed by atoms with Gasteiger partial charge in [0.25, 0.3) is 0 Å². The molecule has 0 aliphatic rings. The van der Waals surface area contributed by atoms with Gasteiger partial charge in [0.1, 0.15) is 0 Å². The molecule has 0 aromatic carbocycles. The lowest BCUT2D eigenvalue weighted by Gasteiger charge is -1.97. The van der Waals surface area contributed by atoms with Gasteiger partial charge in [0, 0.05) is 0 Å². The van der Waals surface area contributed by atoms with Crippen molar-refractivity contribution in [1.29, 1.82) is 0 Å². The van der Waals surface area contributed by atoms with Crippen LogP contribution < -0.4 is 0 Å². The highest BCUT2D eigenvalue weighted by molar-refractivity contribution is 4.43. The fourth-order valence-electron chi connectivity index (χ4n) is 2.24. The second-order valence-corrected chi connectivity index (χ2v) is 7.69. The van der Waals surface area contributed by atoms with Crippen LogP contribution in [0.2, 0.25) is 0 Å². The molecule has 26 heavy (non-hydrogen) atoms. The third-order valence-electron chi connectivity index (χ3n) is 4.48. The highest BCUT2D eigenvalue weighted by Gasteiger charge is 1.88. The van der Waals surface area contributed by atoms with Crippen LogP contribution in [0.3, 0.4) is 0 Å². The molecule has 0 saturated heterocycles. The summed E-state index contributed by atoms with van der Waals surface area (Å²) in [5, 5.41) is 0. The van der Waals surface area contributed by atoms with Gasteiger partial charge < -0.3 is 0 Å². The van der Waals surface area contributed by atoms with Crippen LogP contribution in [0.1, 0.15) is 165 Å². The molecule has 0 aromatic rings. The summed E-state index contributed by atoms with van der Waals surface area (Å²) in [6, 6.07) is 0. The van der Waals surface area contributed by atoms with E-state index in [0.717, 1.165) is 5.92 Å². The normalized spacial score (nSPS) is 9.46. The van der Waals surface area contributed by atoms with Crippen LogP contribution >= 0.6 is 0 Å². The van der Waals surface area contributed by atoms with Crippen molar-refractivity contribution in [2.45, 2.75) is 165 Å². The summed E-state index contributed by atoms with van der Waals surface area (Å²) < 4.78 is 0. The lowest BCUT2D eigenvalue weighted by Crippen LogP contribution is -1.77. The molecule has 0 spiro atoms. The molecule has 0 aliphatic carbocycles. The molecule has 0 aromatic heterocycles. The van der Waals surface area contributed by atoms with E-state index >= 15 is 0 Å². The predicted molar refractivity (Wildman–Crippen MR) is 128 cm³/mol. The number of hydrogen-bond donors (Lipinski definition) is 0. The van der Waals surface area contributed by atoms with Gasteiger partial charge in [-0.25, -0.2) is 0 Å². The molecule has 0 radical (unpaired) electrons. The van der Waals surface area contributed by atoms with E-state index in [4.69, 9.17) is 0 Å². The third-order valence-corrected chi connectivity index (χ3v) is 4.48. The predicted octanol–water partition coefficient (Wildman–Crippen LogP) is 11.0. The maximum absolute atomic E-state index is 2.27. The highest BCUT2D eigenvalue weighted by Crippen LogP contribution is 2.07. The van der Waals surface area contributed by atoms with Gasteiger partial charge in [0.2, 0.25) is 0 Å². The van der Waals surface area contributed by atoms with Crippen LogP contribution in [-0.4, -0.2) is 0 Å². The van der Waals surface area contributed by atoms with Gasteiger partial charge in [-0.1, -0.05) is 165 Å². The van der Waals surface area contributed by atoms with E-state index in [0.29, 0.717) is 0 Å². The second-order valence-electron chi connectivity index (χ2n) is 7.69. The van der Waals surface area contributed by atoms with E-state index in [1.54, 1.807) is 0 Å². The molecule has 0 nitrogen and oxygen atoms in total. The van der Waals surface area contributed by atoms with Crippen LogP contribution in [-0.2, 0) is 0 Å². The Balaban J connectivity index is -0.000000139. The zero-order valence-electron chi connectivity index (χ0n) is 20.9. The summed E-state index contributed by atoms with van der Waals surface area (Å²) >= 11 is 0. The number of rotatable bonds is 14. The fourth-order valence-corrected chi connectivity index (χ4v) is 2.24. The van der Waals surface area contributed by atoms with E-state index < -0.39 is 0 Å². The fraction of sp³-hybridized carbons (Fsp3) is 1.00. The van der Waals surface area contributed by atoms with Crippen LogP contribution in [0.5, 0.6) is 0 Å². The Morgan fingerprint density at radius 3 is 0.654 bits per heavy atom. The first-order valence-corrected chi connectivity index (χ1v) is 12.6. The summed E-state index contributed by atoms with van der Waals surface area (Å²) in [4.78, 5) is 0. The molecule has 0 fully saturated rings. The number of hydrogen-bond acceptors (Lipinski definition) is 0. The summed E-state index contributed by atoms with van der Waals surface area (Å²) in [6.07, 6.45) is 22.7. The van der Waals surface area contributed by atoms with Crippen LogP contribution in [0, 0.1) is 5.92 Å². The van der Waals surface area contributed by atoms with Crippen LogP contribution in [0.25, 0.3) is 0 Å². The van der Waals surface area contributed by atoms with Gasteiger partial charge in [0.05, 0.1) is 0 Å². The Hall–Kier alpha value is 0. The van der Waals surface area contributed by atoms with Gasteiger partial charge in [-0.3, -0.25) is 0 Å². The minimum absolute atomic E-state index is 0.884. The van der Waals surface area contributed by atoms with Gasteiger partial charge in [-0.2, -0.15) is 0 Å². The lowest BCUT2D eigenvalue weighted by molar-refractivity contribution is 0.585. The molecular weight excluding hydrogens is 312 g/mol. The van der Waals surface area contributed by atoms with Crippen molar-refractivity contribution in [2.75, 3.05) is 0 Å². The van der Waals surface area contributed by atoms with Crippen LogP contribution in [0.15, 0.2) is 0 Å². The smallest absolute Gasteiger partial charge is 0.0474 e. The van der Waals surface area contributed by atoms with E-state index in [-0.39, 0.29) is 0 Å². The van der Waals surface area contributed by atoms with Crippen molar-refractivity contribution in [3.63, 3.8) is 0 Å². The summed E-state index contributed by atoms with van der Waals surface area (Å²) in [6.45, 7) is 19.7. The summed E-state index contributed by atoms with van der Waals surface area (Å²) in [7, 11) is 0. The second kappa shape index (κ2) is 39.9. The first-order chi connectivity index (χ1) is 12.6. The Kier molecular flexibility index (Phi) is 51.5. The molecule has 0 unspecified atom stereocenters. The van der Waals surface area contributed by atoms with Crippen molar-refractivity contribution < 1.29 is 0 Å². The highest BCUT2D eigenvalue weighted by atomic mass is 13.9. The largest absolute Gasteiger partial charge is 0.0683 e. The molecule has 0 aliphatic heterocycles. The minimum atomic E-state index is 0.884. The Labute approximate surface area is 171 Å². The van der Waals surface area contributed by atoms with Gasteiger partial charge >= 0.3 is 0 Å². The molecule has 0 amide bonds. The standard InChI is InChI=1S/C10H22.C9H20.C5H12.C2H6/c1-3-5-7-9-10-8-6-4-2;1-3-5-7-9-8-6-4-2;1-4-5(2)3;1-2/h3-10H2,1-2H3;3-9H2,1-2H3;5H,4H2,1-3H3;1-2H3. The maximum atomic E-state index is 2.27. The quantitative estimate of drug-likeness (QED) is 0.266. The van der Waals surface area contributed by atoms with Crippen molar-refractivity contribution >= 4 is 0 Å². The molecule has 0 saturated carbocycles. The van der Waals surface area contributed by atoms with E-state index in [1.807, 2.05) is 13.8 Å². The van der Waals surface area contributed by atoms with Crippen molar-refractivity contribution in [3.05, 3.63) is 0 Å². The third kappa shape index (κ3) is 56.4. The minimum Gasteiger partial charge on any atom is -0.0683 e. The maximum Gasteiger partial charge on any atom is -0.0474 e. The first-order valence-electron chi connectivity index (χ1n) is 12.6. The van der Waals surface area contributed by atoms with Gasteiger partial charge in [-0.15, -0.1) is 0 Å². The molecule has 0 rings (SSSR count). The SMILES string of the molecule is CC.CCC(C)C.CCCCCCCCC.CCCCCCCCCC. The molecule has 0 heteroatoms. The molecule has 0 N–H and O–H groups in total. The van der Waals surface area contributed by atoms with Crippen molar-refractivity contribution in [2.24, 2.45) is 5.92 Å². The molecule has 164 valence electrons. The van der Waals surface area contributed by atoms with Gasteiger partial charge in [0.15, 0.2) is 0 Å². The summed E-state index contributed by atoms with van der Waals surface area (Å²) in [5.41, 5.74) is 0. The lowest BCUT2D eigenvalue weighted by atomic mass is 10.1.